The van der Waals surface area contributed by atoms with E-state index in [2.05, 4.69) is 23.0 Å². The lowest BCUT2D eigenvalue weighted by atomic mass is 10.1. The van der Waals surface area contributed by atoms with Crippen molar-refractivity contribution >= 4 is 21.0 Å². The molecule has 0 bridgehead atoms. The van der Waals surface area contributed by atoms with Crippen LogP contribution in [0.3, 0.4) is 0 Å². The Hall–Kier alpha value is -1.24. The molecule has 1 aromatic heterocycles. The summed E-state index contributed by atoms with van der Waals surface area (Å²) in [6.07, 6.45) is 7.84. The predicted octanol–water partition coefficient (Wildman–Crippen LogP) is 0.428. The molecular formula is C17H25N3O2S. The standard InChI is InChI=1S/C17H25N3O2S/c1-13-10-18-11-15-6-4-7-16(17(13)15)23(21,22)20-9-5-8-19(3)12-14(20)2/h6,10-11,14H,4-5,7-9,12H2,1-3H3. The monoisotopic (exact) mass is 335 g/mol. The van der Waals surface area contributed by atoms with Gasteiger partial charge in [0, 0.05) is 36.7 Å². The smallest absolute Gasteiger partial charge is 0.240 e. The van der Waals surface area contributed by atoms with Gasteiger partial charge in [-0.25, -0.2) is 8.42 Å². The third kappa shape index (κ3) is 3.07. The first-order chi connectivity index (χ1) is 10.9. The van der Waals surface area contributed by atoms with Gasteiger partial charge in [-0.3, -0.25) is 4.98 Å². The molecule has 126 valence electrons. The first kappa shape index (κ1) is 16.6. The number of pyridine rings is 1. The number of rotatable bonds is 2. The van der Waals surface area contributed by atoms with Gasteiger partial charge >= 0.3 is 0 Å². The van der Waals surface area contributed by atoms with Crippen molar-refractivity contribution in [3.05, 3.63) is 28.4 Å². The second-order valence-electron chi connectivity index (χ2n) is 6.67. The highest BCUT2D eigenvalue weighted by Gasteiger charge is 2.33. The van der Waals surface area contributed by atoms with Crippen molar-refractivity contribution in [3.63, 3.8) is 0 Å². The number of aryl methyl sites for hydroxylation is 1. The highest BCUT2D eigenvalue weighted by atomic mass is 32.2. The van der Waals surface area contributed by atoms with E-state index in [1.807, 2.05) is 13.8 Å². The maximum absolute atomic E-state index is 13.4. The summed E-state index contributed by atoms with van der Waals surface area (Å²) in [5.74, 6) is 0. The zero-order valence-electron chi connectivity index (χ0n) is 14.1. The molecule has 1 aliphatic heterocycles. The summed E-state index contributed by atoms with van der Waals surface area (Å²) in [5, 5.41) is 1.82. The molecule has 1 saturated heterocycles. The van der Waals surface area contributed by atoms with Crippen molar-refractivity contribution in [1.82, 2.24) is 14.2 Å². The summed E-state index contributed by atoms with van der Waals surface area (Å²) < 4.78 is 28.4. The van der Waals surface area contributed by atoms with E-state index in [9.17, 15) is 8.42 Å². The van der Waals surface area contributed by atoms with Gasteiger partial charge in [-0.2, -0.15) is 4.31 Å². The molecule has 0 amide bonds. The summed E-state index contributed by atoms with van der Waals surface area (Å²) in [4.78, 5) is 6.99. The van der Waals surface area contributed by atoms with E-state index < -0.39 is 10.0 Å². The van der Waals surface area contributed by atoms with E-state index in [-0.39, 0.29) is 6.04 Å². The fourth-order valence-corrected chi connectivity index (χ4v) is 5.82. The van der Waals surface area contributed by atoms with Crippen LogP contribution >= 0.6 is 0 Å². The van der Waals surface area contributed by atoms with Crippen molar-refractivity contribution in [2.45, 2.75) is 39.2 Å². The van der Waals surface area contributed by atoms with Crippen LogP contribution in [0.4, 0.5) is 0 Å². The molecular weight excluding hydrogens is 310 g/mol. The van der Waals surface area contributed by atoms with Crippen LogP contribution in [0.5, 0.6) is 0 Å². The summed E-state index contributed by atoms with van der Waals surface area (Å²) in [6.45, 7) is 6.27. The molecule has 0 N–H and O–H groups in total. The average molecular weight is 335 g/mol. The fraction of sp³-hybridized carbons (Fsp3) is 0.588. The van der Waals surface area contributed by atoms with Crippen LogP contribution in [-0.4, -0.2) is 55.3 Å². The quantitative estimate of drug-likeness (QED) is 0.786. The molecule has 1 unspecified atom stereocenters. The van der Waals surface area contributed by atoms with Gasteiger partial charge in [-0.15, -0.1) is 0 Å². The summed E-state index contributed by atoms with van der Waals surface area (Å²) in [7, 11) is -1.39. The molecule has 1 atom stereocenters. The number of likely N-dealkylation sites (N-methyl/N-ethyl adjacent to an activating group) is 1. The molecule has 0 aromatic carbocycles. The lowest BCUT2D eigenvalue weighted by Crippen LogP contribution is -2.45. The van der Waals surface area contributed by atoms with Gasteiger partial charge < -0.3 is 4.90 Å². The molecule has 1 aromatic rings. The molecule has 23 heavy (non-hydrogen) atoms. The highest BCUT2D eigenvalue weighted by Crippen LogP contribution is 2.24. The van der Waals surface area contributed by atoms with Crippen LogP contribution in [0.15, 0.2) is 12.4 Å². The number of sulfonamides is 1. The second kappa shape index (κ2) is 6.34. The molecule has 2 aliphatic rings. The largest absolute Gasteiger partial charge is 0.305 e. The zero-order valence-corrected chi connectivity index (χ0v) is 14.9. The van der Waals surface area contributed by atoms with Crippen LogP contribution in [0.25, 0.3) is 11.0 Å². The Bertz CT molecular complexity index is 817. The normalized spacial score (nSPS) is 24.0. The van der Waals surface area contributed by atoms with Crippen molar-refractivity contribution in [3.8, 4) is 0 Å². The van der Waals surface area contributed by atoms with Gasteiger partial charge in [-0.1, -0.05) is 6.08 Å². The van der Waals surface area contributed by atoms with Crippen molar-refractivity contribution in [2.75, 3.05) is 26.7 Å². The van der Waals surface area contributed by atoms with E-state index >= 15 is 0 Å². The van der Waals surface area contributed by atoms with Crippen LogP contribution < -0.4 is 10.4 Å². The maximum Gasteiger partial charge on any atom is 0.240 e. The molecule has 0 saturated carbocycles. The minimum Gasteiger partial charge on any atom is -0.305 e. The van der Waals surface area contributed by atoms with Crippen molar-refractivity contribution in [2.24, 2.45) is 0 Å². The van der Waals surface area contributed by atoms with Gasteiger partial charge in [-0.05, 0) is 57.5 Å². The van der Waals surface area contributed by atoms with Crippen molar-refractivity contribution < 1.29 is 8.42 Å². The molecule has 2 heterocycles. The van der Waals surface area contributed by atoms with E-state index in [0.29, 0.717) is 17.9 Å². The number of hydrogen-bond donors (Lipinski definition) is 0. The molecule has 1 fully saturated rings. The van der Waals surface area contributed by atoms with Crippen molar-refractivity contribution in [1.29, 1.82) is 0 Å². The van der Waals surface area contributed by atoms with Crippen LogP contribution in [-0.2, 0) is 10.0 Å². The Kier molecular flexibility index (Phi) is 4.58. The third-order valence-corrected chi connectivity index (χ3v) is 6.98. The Morgan fingerprint density at radius 1 is 1.26 bits per heavy atom. The molecule has 1 aliphatic carbocycles. The summed E-state index contributed by atoms with van der Waals surface area (Å²) >= 11 is 0. The number of aromatic nitrogens is 1. The number of hydrogen-bond acceptors (Lipinski definition) is 4. The first-order valence-electron chi connectivity index (χ1n) is 8.25. The molecule has 6 heteroatoms. The maximum atomic E-state index is 13.4. The topological polar surface area (TPSA) is 53.5 Å². The Labute approximate surface area is 138 Å². The van der Waals surface area contributed by atoms with E-state index in [1.54, 1.807) is 16.7 Å². The minimum atomic E-state index is -3.44. The lowest BCUT2D eigenvalue weighted by molar-refractivity contribution is 0.292. The Balaban J connectivity index is 2.15. The molecule has 5 nitrogen and oxygen atoms in total. The lowest BCUT2D eigenvalue weighted by Gasteiger charge is -2.29. The van der Waals surface area contributed by atoms with Crippen LogP contribution in [0.2, 0.25) is 0 Å². The number of nitrogens with zero attached hydrogens (tertiary/aromatic N) is 3. The molecule has 3 rings (SSSR count). The fourth-order valence-electron chi connectivity index (χ4n) is 3.71. The van der Waals surface area contributed by atoms with Gasteiger partial charge in [0.05, 0.1) is 4.91 Å². The SMILES string of the molecule is Cc1cncc2c1=C(S(=O)(=O)N1CCCN(C)CC1C)CCC=2. The van der Waals surface area contributed by atoms with E-state index in [4.69, 9.17) is 0 Å². The third-order valence-electron chi connectivity index (χ3n) is 4.79. The Morgan fingerprint density at radius 2 is 2.04 bits per heavy atom. The van der Waals surface area contributed by atoms with E-state index in [1.165, 1.54) is 0 Å². The highest BCUT2D eigenvalue weighted by molar-refractivity contribution is 7.98. The number of fused-ring (bicyclic) bond motifs is 1. The predicted molar refractivity (Wildman–Crippen MR) is 92.5 cm³/mol. The summed E-state index contributed by atoms with van der Waals surface area (Å²) in [5.41, 5.74) is 0.941. The van der Waals surface area contributed by atoms with E-state index in [0.717, 1.165) is 41.9 Å². The average Bonchev–Trinajstić information content (AvgIpc) is 2.67. The van der Waals surface area contributed by atoms with Gasteiger partial charge in [0.25, 0.3) is 0 Å². The van der Waals surface area contributed by atoms with Crippen LogP contribution in [0, 0.1) is 6.92 Å². The second-order valence-corrected chi connectivity index (χ2v) is 8.58. The Morgan fingerprint density at radius 3 is 2.83 bits per heavy atom. The first-order valence-corrected chi connectivity index (χ1v) is 9.69. The van der Waals surface area contributed by atoms with Crippen LogP contribution in [0.1, 0.15) is 31.7 Å². The minimum absolute atomic E-state index is 0.00324. The zero-order chi connectivity index (χ0) is 16.6. The summed E-state index contributed by atoms with van der Waals surface area (Å²) in [6, 6.07) is -0.00324. The molecule has 0 spiro atoms. The van der Waals surface area contributed by atoms with Gasteiger partial charge in [0.1, 0.15) is 0 Å². The molecule has 0 radical (unpaired) electrons. The van der Waals surface area contributed by atoms with Gasteiger partial charge in [0.15, 0.2) is 0 Å². The van der Waals surface area contributed by atoms with Gasteiger partial charge in [0.2, 0.25) is 10.0 Å².